The van der Waals surface area contributed by atoms with Gasteiger partial charge in [-0.25, -0.2) is 0 Å². The van der Waals surface area contributed by atoms with Crippen LogP contribution < -0.4 is 10.1 Å². The predicted octanol–water partition coefficient (Wildman–Crippen LogP) is 2.89. The smallest absolute Gasteiger partial charge is 0.231 e. The number of ether oxygens (including phenoxy) is 1. The third-order valence-electron chi connectivity index (χ3n) is 3.81. The van der Waals surface area contributed by atoms with Gasteiger partial charge in [0.1, 0.15) is 18.1 Å². The molecule has 0 saturated carbocycles. The van der Waals surface area contributed by atoms with Gasteiger partial charge in [-0.15, -0.1) is 0 Å². The maximum Gasteiger partial charge on any atom is 0.231 e. The third-order valence-corrected chi connectivity index (χ3v) is 3.81. The molecule has 1 aliphatic rings. The van der Waals surface area contributed by atoms with Crippen LogP contribution in [0.4, 0.5) is 5.69 Å². The van der Waals surface area contributed by atoms with Gasteiger partial charge in [-0.2, -0.15) is 0 Å². The summed E-state index contributed by atoms with van der Waals surface area (Å²) in [5.74, 6) is 0.730. The molecular weight excluding hydrogens is 266 g/mol. The summed E-state index contributed by atoms with van der Waals surface area (Å²) in [6, 6.07) is 12.9. The number of aromatic hydroxyl groups is 1. The molecule has 0 aromatic heterocycles. The molecule has 1 atom stereocenters. The molecule has 4 heteroatoms. The molecule has 0 spiro atoms. The number of nitrogens with one attached hydrogen (secondary N) is 1. The minimum absolute atomic E-state index is 0.0850. The van der Waals surface area contributed by atoms with Crippen molar-refractivity contribution in [1.29, 1.82) is 0 Å². The normalized spacial score (nSPS) is 16.7. The Morgan fingerprint density at radius 3 is 2.90 bits per heavy atom. The number of para-hydroxylation sites is 1. The van der Waals surface area contributed by atoms with E-state index in [1.165, 1.54) is 0 Å². The first kappa shape index (κ1) is 13.5. The third kappa shape index (κ3) is 2.70. The Bertz CT molecular complexity index is 681. The van der Waals surface area contributed by atoms with Gasteiger partial charge in [-0.1, -0.05) is 24.3 Å². The molecular formula is C17H17NO3. The van der Waals surface area contributed by atoms with E-state index < -0.39 is 0 Å². The second-order valence-electron chi connectivity index (χ2n) is 5.26. The number of anilines is 1. The zero-order valence-corrected chi connectivity index (χ0v) is 11.8. The summed E-state index contributed by atoms with van der Waals surface area (Å²) >= 11 is 0. The maximum absolute atomic E-state index is 12.4. The molecule has 0 aliphatic carbocycles. The summed E-state index contributed by atoms with van der Waals surface area (Å²) in [4.78, 5) is 12.4. The second kappa shape index (κ2) is 5.48. The fourth-order valence-electron chi connectivity index (χ4n) is 2.49. The van der Waals surface area contributed by atoms with E-state index >= 15 is 0 Å². The van der Waals surface area contributed by atoms with Gasteiger partial charge in [-0.3, -0.25) is 4.79 Å². The van der Waals surface area contributed by atoms with Crippen LogP contribution in [-0.2, 0) is 11.2 Å². The Kier molecular flexibility index (Phi) is 3.52. The number of rotatable bonds is 2. The Hall–Kier alpha value is -2.49. The van der Waals surface area contributed by atoms with Crippen molar-refractivity contribution < 1.29 is 14.6 Å². The molecule has 108 valence electrons. The van der Waals surface area contributed by atoms with E-state index in [0.717, 1.165) is 11.3 Å². The zero-order valence-electron chi connectivity index (χ0n) is 11.8. The number of phenolic OH excluding ortho intramolecular Hbond substituents is 1. The van der Waals surface area contributed by atoms with Gasteiger partial charge in [0, 0.05) is 11.3 Å². The van der Waals surface area contributed by atoms with Gasteiger partial charge >= 0.3 is 0 Å². The number of phenols is 1. The van der Waals surface area contributed by atoms with Crippen molar-refractivity contribution in [2.24, 2.45) is 5.92 Å². The first-order valence-corrected chi connectivity index (χ1v) is 6.95. The Morgan fingerprint density at radius 2 is 2.05 bits per heavy atom. The fraction of sp³-hybridized carbons (Fsp3) is 0.235. The van der Waals surface area contributed by atoms with E-state index in [-0.39, 0.29) is 17.6 Å². The van der Waals surface area contributed by atoms with Gasteiger partial charge < -0.3 is 15.2 Å². The van der Waals surface area contributed by atoms with Crippen LogP contribution in [0.25, 0.3) is 0 Å². The highest BCUT2D eigenvalue weighted by atomic mass is 16.5. The lowest BCUT2D eigenvalue weighted by Gasteiger charge is -2.24. The molecule has 0 saturated heterocycles. The van der Waals surface area contributed by atoms with Crippen molar-refractivity contribution >= 4 is 11.6 Å². The molecule has 0 radical (unpaired) electrons. The molecule has 3 rings (SSSR count). The first-order valence-electron chi connectivity index (χ1n) is 6.95. The van der Waals surface area contributed by atoms with E-state index in [1.807, 2.05) is 24.3 Å². The predicted molar refractivity (Wildman–Crippen MR) is 80.6 cm³/mol. The zero-order chi connectivity index (χ0) is 14.8. The molecule has 0 fully saturated rings. The Balaban J connectivity index is 1.74. The summed E-state index contributed by atoms with van der Waals surface area (Å²) in [5, 5.41) is 12.6. The molecule has 21 heavy (non-hydrogen) atoms. The maximum atomic E-state index is 12.4. The van der Waals surface area contributed by atoms with Gasteiger partial charge in [-0.05, 0) is 37.1 Å². The summed E-state index contributed by atoms with van der Waals surface area (Å²) in [6.07, 6.45) is 0.667. The largest absolute Gasteiger partial charge is 0.508 e. The molecule has 1 heterocycles. The molecule has 0 bridgehead atoms. The van der Waals surface area contributed by atoms with E-state index in [0.29, 0.717) is 24.3 Å². The van der Waals surface area contributed by atoms with Crippen molar-refractivity contribution in [2.45, 2.75) is 13.3 Å². The number of amides is 1. The van der Waals surface area contributed by atoms with Crippen molar-refractivity contribution in [1.82, 2.24) is 0 Å². The van der Waals surface area contributed by atoms with Gasteiger partial charge in [0.2, 0.25) is 5.91 Å². The molecule has 1 unspecified atom stereocenters. The van der Waals surface area contributed by atoms with Crippen molar-refractivity contribution in [3.8, 4) is 11.5 Å². The monoisotopic (exact) mass is 283 g/mol. The summed E-state index contributed by atoms with van der Waals surface area (Å²) in [5.41, 5.74) is 2.36. The fourth-order valence-corrected chi connectivity index (χ4v) is 2.49. The average molecular weight is 283 g/mol. The van der Waals surface area contributed by atoms with E-state index in [2.05, 4.69) is 5.32 Å². The summed E-state index contributed by atoms with van der Waals surface area (Å²) in [7, 11) is 0. The summed E-state index contributed by atoms with van der Waals surface area (Å²) in [6.45, 7) is 2.15. The molecule has 1 aliphatic heterocycles. The molecule has 2 aromatic rings. The topological polar surface area (TPSA) is 58.6 Å². The highest BCUT2D eigenvalue weighted by Gasteiger charge is 2.26. The SMILES string of the molecule is Cc1c(O)cccc1NC(=O)C1COc2ccccc2C1. The second-order valence-corrected chi connectivity index (χ2v) is 5.26. The van der Waals surface area contributed by atoms with Crippen LogP contribution in [-0.4, -0.2) is 17.6 Å². The van der Waals surface area contributed by atoms with Crippen LogP contribution in [0, 0.1) is 12.8 Å². The van der Waals surface area contributed by atoms with E-state index in [9.17, 15) is 9.90 Å². The Labute approximate surface area is 123 Å². The molecule has 1 amide bonds. The molecule has 2 N–H and O–H groups in total. The standard InChI is InChI=1S/C17H17NO3/c1-11-14(6-4-7-15(11)19)18-17(20)13-9-12-5-2-3-8-16(12)21-10-13/h2-8,13,19H,9-10H2,1H3,(H,18,20). The quantitative estimate of drug-likeness (QED) is 0.891. The van der Waals surface area contributed by atoms with Gasteiger partial charge in [0.05, 0.1) is 5.92 Å². The number of hydrogen-bond acceptors (Lipinski definition) is 3. The number of carbonyl (C=O) groups excluding carboxylic acids is 1. The highest BCUT2D eigenvalue weighted by Crippen LogP contribution is 2.29. The van der Waals surface area contributed by atoms with Crippen LogP contribution >= 0.6 is 0 Å². The van der Waals surface area contributed by atoms with Crippen molar-refractivity contribution in [2.75, 3.05) is 11.9 Å². The van der Waals surface area contributed by atoms with Gasteiger partial charge in [0.25, 0.3) is 0 Å². The number of carbonyl (C=O) groups is 1. The number of hydrogen-bond donors (Lipinski definition) is 2. The lowest BCUT2D eigenvalue weighted by Crippen LogP contribution is -2.32. The highest BCUT2D eigenvalue weighted by molar-refractivity contribution is 5.94. The van der Waals surface area contributed by atoms with Crippen LogP contribution in [0.2, 0.25) is 0 Å². The van der Waals surface area contributed by atoms with Crippen LogP contribution in [0.3, 0.4) is 0 Å². The van der Waals surface area contributed by atoms with E-state index in [4.69, 9.17) is 4.74 Å². The lowest BCUT2D eigenvalue weighted by molar-refractivity contribution is -0.121. The van der Waals surface area contributed by atoms with Crippen molar-refractivity contribution in [3.63, 3.8) is 0 Å². The van der Waals surface area contributed by atoms with E-state index in [1.54, 1.807) is 25.1 Å². The average Bonchev–Trinajstić information content (AvgIpc) is 2.51. The first-order chi connectivity index (χ1) is 10.1. The van der Waals surface area contributed by atoms with Gasteiger partial charge in [0.15, 0.2) is 0 Å². The molecule has 2 aromatic carbocycles. The van der Waals surface area contributed by atoms with Crippen molar-refractivity contribution in [3.05, 3.63) is 53.6 Å². The van der Waals surface area contributed by atoms with Crippen LogP contribution in [0.5, 0.6) is 11.5 Å². The lowest BCUT2D eigenvalue weighted by atomic mass is 9.96. The number of fused-ring (bicyclic) bond motifs is 1. The number of benzene rings is 2. The van der Waals surface area contributed by atoms with Crippen LogP contribution in [0.1, 0.15) is 11.1 Å². The minimum atomic E-state index is -0.221. The molecule has 4 nitrogen and oxygen atoms in total. The minimum Gasteiger partial charge on any atom is -0.508 e. The summed E-state index contributed by atoms with van der Waals surface area (Å²) < 4.78 is 5.64. The Morgan fingerprint density at radius 1 is 1.24 bits per heavy atom. The van der Waals surface area contributed by atoms with Crippen LogP contribution in [0.15, 0.2) is 42.5 Å².